The van der Waals surface area contributed by atoms with E-state index in [0.29, 0.717) is 35.3 Å². The van der Waals surface area contributed by atoms with Crippen LogP contribution in [0.4, 0.5) is 5.69 Å². The molecule has 1 saturated heterocycles. The van der Waals surface area contributed by atoms with Crippen LogP contribution in [0.3, 0.4) is 0 Å². The molecule has 0 aromatic heterocycles. The third kappa shape index (κ3) is 5.65. The van der Waals surface area contributed by atoms with E-state index >= 15 is 0 Å². The second kappa shape index (κ2) is 10.1. The van der Waals surface area contributed by atoms with Crippen molar-refractivity contribution in [1.29, 1.82) is 0 Å². The summed E-state index contributed by atoms with van der Waals surface area (Å²) in [7, 11) is -2.00. The zero-order chi connectivity index (χ0) is 21.6. The van der Waals surface area contributed by atoms with Gasteiger partial charge in [-0.3, -0.25) is 4.79 Å². The van der Waals surface area contributed by atoms with Crippen molar-refractivity contribution in [3.8, 4) is 11.5 Å². The van der Waals surface area contributed by atoms with Gasteiger partial charge in [-0.2, -0.15) is 4.31 Å². The normalized spacial score (nSPS) is 15.3. The highest BCUT2D eigenvalue weighted by molar-refractivity contribution is 7.89. The number of nitrogens with zero attached hydrogens (tertiary/aromatic N) is 1. The van der Waals surface area contributed by atoms with E-state index in [-0.39, 0.29) is 17.4 Å². The Hall–Kier alpha value is -2.29. The van der Waals surface area contributed by atoms with Crippen LogP contribution >= 0.6 is 11.6 Å². The molecule has 1 aliphatic rings. The number of sulfonamides is 1. The SMILES string of the molecule is COc1ccc(NC(=O)COc2ccc(S(=O)(=O)N3CCCCCC3)cc2)cc1Cl. The minimum Gasteiger partial charge on any atom is -0.495 e. The molecule has 1 heterocycles. The molecule has 0 unspecified atom stereocenters. The zero-order valence-corrected chi connectivity index (χ0v) is 18.3. The minimum atomic E-state index is -3.51. The summed E-state index contributed by atoms with van der Waals surface area (Å²) in [5.41, 5.74) is 0.522. The number of anilines is 1. The Morgan fingerprint density at radius 1 is 1.07 bits per heavy atom. The number of methoxy groups -OCH3 is 1. The molecule has 30 heavy (non-hydrogen) atoms. The highest BCUT2D eigenvalue weighted by Crippen LogP contribution is 2.27. The Labute approximate surface area is 182 Å². The van der Waals surface area contributed by atoms with Gasteiger partial charge in [-0.15, -0.1) is 0 Å². The summed E-state index contributed by atoms with van der Waals surface area (Å²) in [4.78, 5) is 12.3. The van der Waals surface area contributed by atoms with E-state index in [9.17, 15) is 13.2 Å². The van der Waals surface area contributed by atoms with Gasteiger partial charge in [-0.1, -0.05) is 24.4 Å². The van der Waals surface area contributed by atoms with Gasteiger partial charge in [-0.05, 0) is 55.3 Å². The highest BCUT2D eigenvalue weighted by Gasteiger charge is 2.25. The van der Waals surface area contributed by atoms with Crippen LogP contribution in [0.15, 0.2) is 47.4 Å². The van der Waals surface area contributed by atoms with Crippen LogP contribution in [0.1, 0.15) is 25.7 Å². The third-order valence-electron chi connectivity index (χ3n) is 4.83. The fourth-order valence-electron chi connectivity index (χ4n) is 3.23. The van der Waals surface area contributed by atoms with Crippen molar-refractivity contribution < 1.29 is 22.7 Å². The molecule has 162 valence electrons. The first kappa shape index (κ1) is 22.4. The molecule has 0 saturated carbocycles. The predicted molar refractivity (Wildman–Crippen MR) is 116 cm³/mol. The van der Waals surface area contributed by atoms with Gasteiger partial charge in [0.2, 0.25) is 10.0 Å². The van der Waals surface area contributed by atoms with E-state index in [2.05, 4.69) is 5.32 Å². The van der Waals surface area contributed by atoms with Crippen LogP contribution in [0.2, 0.25) is 5.02 Å². The highest BCUT2D eigenvalue weighted by atomic mass is 35.5. The first-order chi connectivity index (χ1) is 14.4. The summed E-state index contributed by atoms with van der Waals surface area (Å²) in [6.07, 6.45) is 3.89. The van der Waals surface area contributed by atoms with Gasteiger partial charge in [0.25, 0.3) is 5.91 Å². The Morgan fingerprint density at radius 3 is 2.33 bits per heavy atom. The van der Waals surface area contributed by atoms with Gasteiger partial charge in [0, 0.05) is 18.8 Å². The van der Waals surface area contributed by atoms with Gasteiger partial charge in [0.15, 0.2) is 6.61 Å². The topological polar surface area (TPSA) is 84.9 Å². The number of amides is 1. The fourth-order valence-corrected chi connectivity index (χ4v) is 5.00. The maximum absolute atomic E-state index is 12.8. The number of rotatable bonds is 7. The molecule has 1 fully saturated rings. The first-order valence-electron chi connectivity index (χ1n) is 9.76. The summed E-state index contributed by atoms with van der Waals surface area (Å²) >= 11 is 6.04. The van der Waals surface area contributed by atoms with E-state index in [1.807, 2.05) is 0 Å². The lowest BCUT2D eigenvalue weighted by Gasteiger charge is -2.20. The predicted octanol–water partition coefficient (Wildman–Crippen LogP) is 3.93. The molecular formula is C21H25ClN2O5S. The quantitative estimate of drug-likeness (QED) is 0.688. The first-order valence-corrected chi connectivity index (χ1v) is 11.6. The number of nitrogens with one attached hydrogen (secondary N) is 1. The van der Waals surface area contributed by atoms with Crippen molar-refractivity contribution >= 4 is 33.2 Å². The van der Waals surface area contributed by atoms with E-state index in [0.717, 1.165) is 25.7 Å². The zero-order valence-electron chi connectivity index (χ0n) is 16.8. The van der Waals surface area contributed by atoms with E-state index in [1.165, 1.54) is 19.2 Å². The standard InChI is InChI=1S/C21H25ClN2O5S/c1-28-20-11-6-16(14-19(20)22)23-21(25)15-29-17-7-9-18(10-8-17)30(26,27)24-12-4-2-3-5-13-24/h6-11,14H,2-5,12-13,15H2,1H3,(H,23,25). The maximum atomic E-state index is 12.8. The number of carbonyl (C=O) groups excluding carboxylic acids is 1. The molecule has 0 spiro atoms. The maximum Gasteiger partial charge on any atom is 0.262 e. The van der Waals surface area contributed by atoms with Crippen LogP contribution in [0, 0.1) is 0 Å². The molecule has 1 aliphatic heterocycles. The number of benzene rings is 2. The second-order valence-electron chi connectivity index (χ2n) is 6.98. The smallest absolute Gasteiger partial charge is 0.262 e. The number of halogens is 1. The average molecular weight is 453 g/mol. The van der Waals surface area contributed by atoms with Crippen LogP contribution in [0.5, 0.6) is 11.5 Å². The molecule has 0 atom stereocenters. The Bertz CT molecular complexity index is 971. The Morgan fingerprint density at radius 2 is 1.73 bits per heavy atom. The van der Waals surface area contributed by atoms with E-state index in [4.69, 9.17) is 21.1 Å². The van der Waals surface area contributed by atoms with Crippen molar-refractivity contribution in [3.05, 3.63) is 47.5 Å². The summed E-state index contributed by atoms with van der Waals surface area (Å²) in [5, 5.41) is 3.07. The van der Waals surface area contributed by atoms with Crippen LogP contribution in [-0.4, -0.2) is 45.4 Å². The molecule has 0 bridgehead atoms. The molecule has 2 aromatic carbocycles. The molecule has 3 rings (SSSR count). The summed E-state index contributed by atoms with van der Waals surface area (Å²) in [6, 6.07) is 11.0. The molecule has 9 heteroatoms. The van der Waals surface area contributed by atoms with E-state index < -0.39 is 10.0 Å². The monoisotopic (exact) mass is 452 g/mol. The molecule has 0 radical (unpaired) electrons. The fraction of sp³-hybridized carbons (Fsp3) is 0.381. The van der Waals surface area contributed by atoms with Gasteiger partial charge < -0.3 is 14.8 Å². The van der Waals surface area contributed by atoms with Crippen molar-refractivity contribution in [2.75, 3.05) is 32.1 Å². The minimum absolute atomic E-state index is 0.220. The van der Waals surface area contributed by atoms with Crippen LogP contribution in [-0.2, 0) is 14.8 Å². The van der Waals surface area contributed by atoms with Gasteiger partial charge in [0.1, 0.15) is 11.5 Å². The number of carbonyl (C=O) groups is 1. The summed E-state index contributed by atoms with van der Waals surface area (Å²) in [5.74, 6) is 0.561. The third-order valence-corrected chi connectivity index (χ3v) is 7.04. The lowest BCUT2D eigenvalue weighted by atomic mass is 10.2. The molecule has 1 amide bonds. The van der Waals surface area contributed by atoms with Crippen molar-refractivity contribution in [2.24, 2.45) is 0 Å². The molecule has 2 aromatic rings. The van der Waals surface area contributed by atoms with Crippen LogP contribution in [0.25, 0.3) is 0 Å². The van der Waals surface area contributed by atoms with Crippen molar-refractivity contribution in [1.82, 2.24) is 4.31 Å². The lowest BCUT2D eigenvalue weighted by Crippen LogP contribution is -2.31. The van der Waals surface area contributed by atoms with Crippen LogP contribution < -0.4 is 14.8 Å². The van der Waals surface area contributed by atoms with Gasteiger partial charge in [-0.25, -0.2) is 8.42 Å². The van der Waals surface area contributed by atoms with Gasteiger partial charge >= 0.3 is 0 Å². The largest absolute Gasteiger partial charge is 0.495 e. The average Bonchev–Trinajstić information content (AvgIpc) is 3.03. The lowest BCUT2D eigenvalue weighted by molar-refractivity contribution is -0.118. The number of hydrogen-bond acceptors (Lipinski definition) is 5. The molecular weight excluding hydrogens is 428 g/mol. The summed E-state index contributed by atoms with van der Waals surface area (Å²) < 4.78 is 37.7. The molecule has 7 nitrogen and oxygen atoms in total. The van der Waals surface area contributed by atoms with Gasteiger partial charge in [0.05, 0.1) is 17.0 Å². The van der Waals surface area contributed by atoms with Crippen molar-refractivity contribution in [2.45, 2.75) is 30.6 Å². The second-order valence-corrected chi connectivity index (χ2v) is 9.32. The van der Waals surface area contributed by atoms with E-state index in [1.54, 1.807) is 34.6 Å². The number of hydrogen-bond donors (Lipinski definition) is 1. The Balaban J connectivity index is 1.56. The molecule has 0 aliphatic carbocycles. The molecule has 1 N–H and O–H groups in total. The Kier molecular flexibility index (Phi) is 7.58. The summed E-state index contributed by atoms with van der Waals surface area (Å²) in [6.45, 7) is 0.883. The van der Waals surface area contributed by atoms with Crippen molar-refractivity contribution in [3.63, 3.8) is 0 Å². The number of ether oxygens (including phenoxy) is 2.